The van der Waals surface area contributed by atoms with Gasteiger partial charge in [-0.3, -0.25) is 4.79 Å². The van der Waals surface area contributed by atoms with Crippen LogP contribution in [0.4, 0.5) is 0 Å². The number of allylic oxidation sites excluding steroid dienone is 1. The van der Waals surface area contributed by atoms with Crippen LogP contribution in [0, 0.1) is 6.92 Å². The summed E-state index contributed by atoms with van der Waals surface area (Å²) in [4.78, 5) is 12.0. The van der Waals surface area contributed by atoms with Gasteiger partial charge in [0.1, 0.15) is 5.75 Å². The molecule has 0 aromatic heterocycles. The van der Waals surface area contributed by atoms with Crippen molar-refractivity contribution < 1.29 is 14.6 Å². The van der Waals surface area contributed by atoms with E-state index in [0.29, 0.717) is 17.9 Å². The number of hydrogen-bond donors (Lipinski definition) is 2. The molecule has 1 heterocycles. The smallest absolute Gasteiger partial charge is 0.265 e. The first-order chi connectivity index (χ1) is 9.01. The summed E-state index contributed by atoms with van der Waals surface area (Å²) in [7, 11) is 0. The molecule has 4 nitrogen and oxygen atoms in total. The maximum absolute atomic E-state index is 12.0. The molecule has 19 heavy (non-hydrogen) atoms. The number of carbonyl (C=O) groups excluding carboxylic acids is 1. The third-order valence-electron chi connectivity index (χ3n) is 3.25. The molecule has 2 rings (SSSR count). The van der Waals surface area contributed by atoms with Crippen molar-refractivity contribution in [3.8, 4) is 5.75 Å². The van der Waals surface area contributed by atoms with E-state index in [2.05, 4.69) is 11.9 Å². The van der Waals surface area contributed by atoms with Crippen LogP contribution in [0.25, 0.3) is 0 Å². The molecule has 0 bridgehead atoms. The van der Waals surface area contributed by atoms with Crippen LogP contribution in [-0.4, -0.2) is 17.1 Å². The Kier molecular flexibility index (Phi) is 3.90. The summed E-state index contributed by atoms with van der Waals surface area (Å²) in [5, 5.41) is 12.8. The van der Waals surface area contributed by atoms with Gasteiger partial charge in [0.25, 0.3) is 5.91 Å². The van der Waals surface area contributed by atoms with Crippen molar-refractivity contribution in [1.29, 1.82) is 0 Å². The van der Waals surface area contributed by atoms with Crippen molar-refractivity contribution in [2.45, 2.75) is 38.9 Å². The maximum atomic E-state index is 12.0. The summed E-state index contributed by atoms with van der Waals surface area (Å²) in [5.74, 6) is 0.323. The lowest BCUT2D eigenvalue weighted by molar-refractivity contribution is -0.129. The molecule has 0 saturated heterocycles. The van der Waals surface area contributed by atoms with Crippen molar-refractivity contribution in [3.05, 3.63) is 41.6 Å². The molecule has 0 fully saturated rings. The Balaban J connectivity index is 2.14. The normalized spacial score (nSPS) is 21.2. The highest BCUT2D eigenvalue weighted by Crippen LogP contribution is 2.35. The van der Waals surface area contributed by atoms with E-state index in [0.717, 1.165) is 11.1 Å². The van der Waals surface area contributed by atoms with Crippen molar-refractivity contribution in [2.24, 2.45) is 0 Å². The molecule has 1 aromatic carbocycles. The van der Waals surface area contributed by atoms with Gasteiger partial charge in [-0.05, 0) is 25.5 Å². The molecule has 0 spiro atoms. The lowest BCUT2D eigenvalue weighted by Crippen LogP contribution is -2.40. The van der Waals surface area contributed by atoms with E-state index < -0.39 is 12.2 Å². The Bertz CT molecular complexity index is 510. The van der Waals surface area contributed by atoms with Gasteiger partial charge in [-0.2, -0.15) is 0 Å². The molecule has 0 radical (unpaired) electrons. The van der Waals surface area contributed by atoms with Crippen LogP contribution in [0.2, 0.25) is 0 Å². The van der Waals surface area contributed by atoms with Gasteiger partial charge in [0, 0.05) is 17.7 Å². The van der Waals surface area contributed by atoms with Gasteiger partial charge in [-0.25, -0.2) is 0 Å². The van der Waals surface area contributed by atoms with E-state index in [1.807, 2.05) is 26.0 Å². The van der Waals surface area contributed by atoms with E-state index in [1.165, 1.54) is 0 Å². The highest BCUT2D eigenvalue weighted by atomic mass is 16.5. The number of ether oxygens (including phenoxy) is 1. The average molecular weight is 261 g/mol. The standard InChI is InChI=1S/C15H19NO3/c1-4-10(3)16-15(18)14-8-12(17)11-7-9(2)5-6-13(11)19-14/h5-7,12,14,17H,3-4,8H2,1-2H3,(H,16,18). The molecular weight excluding hydrogens is 242 g/mol. The molecule has 2 unspecified atom stereocenters. The van der Waals surface area contributed by atoms with Crippen LogP contribution in [0.15, 0.2) is 30.5 Å². The zero-order valence-corrected chi connectivity index (χ0v) is 11.3. The summed E-state index contributed by atoms with van der Waals surface area (Å²) >= 11 is 0. The van der Waals surface area contributed by atoms with E-state index >= 15 is 0 Å². The Hall–Kier alpha value is -1.81. The van der Waals surface area contributed by atoms with Crippen LogP contribution >= 0.6 is 0 Å². The molecule has 1 aliphatic heterocycles. The van der Waals surface area contributed by atoms with Gasteiger partial charge >= 0.3 is 0 Å². The average Bonchev–Trinajstić information content (AvgIpc) is 2.39. The quantitative estimate of drug-likeness (QED) is 0.877. The number of amides is 1. The van der Waals surface area contributed by atoms with Crippen molar-refractivity contribution in [2.75, 3.05) is 0 Å². The molecule has 2 atom stereocenters. The third-order valence-corrected chi connectivity index (χ3v) is 3.25. The Labute approximate surface area is 113 Å². The van der Waals surface area contributed by atoms with Crippen LogP contribution in [0.5, 0.6) is 5.75 Å². The molecular formula is C15H19NO3. The van der Waals surface area contributed by atoms with E-state index in [-0.39, 0.29) is 12.3 Å². The minimum absolute atomic E-state index is 0.253. The minimum Gasteiger partial charge on any atom is -0.480 e. The Morgan fingerprint density at radius 2 is 2.32 bits per heavy atom. The van der Waals surface area contributed by atoms with Gasteiger partial charge in [0.2, 0.25) is 0 Å². The fourth-order valence-corrected chi connectivity index (χ4v) is 2.07. The molecule has 2 N–H and O–H groups in total. The predicted molar refractivity (Wildman–Crippen MR) is 72.7 cm³/mol. The fourth-order valence-electron chi connectivity index (χ4n) is 2.07. The number of hydrogen-bond acceptors (Lipinski definition) is 3. The van der Waals surface area contributed by atoms with Crippen molar-refractivity contribution in [1.82, 2.24) is 5.32 Å². The number of aryl methyl sites for hydroxylation is 1. The monoisotopic (exact) mass is 261 g/mol. The van der Waals surface area contributed by atoms with Crippen LogP contribution in [0.1, 0.15) is 37.0 Å². The largest absolute Gasteiger partial charge is 0.480 e. The molecule has 4 heteroatoms. The van der Waals surface area contributed by atoms with Gasteiger partial charge in [0.15, 0.2) is 6.10 Å². The van der Waals surface area contributed by atoms with Gasteiger partial charge < -0.3 is 15.2 Å². The van der Waals surface area contributed by atoms with E-state index in [1.54, 1.807) is 6.07 Å². The van der Waals surface area contributed by atoms with E-state index in [4.69, 9.17) is 4.74 Å². The highest BCUT2D eigenvalue weighted by molar-refractivity contribution is 5.83. The first-order valence-corrected chi connectivity index (χ1v) is 6.45. The summed E-state index contributed by atoms with van der Waals surface area (Å²) in [6.07, 6.45) is -0.404. The molecule has 1 aromatic rings. The number of benzene rings is 1. The first kappa shape index (κ1) is 13.6. The zero-order chi connectivity index (χ0) is 14.0. The molecule has 1 aliphatic rings. The molecule has 0 aliphatic carbocycles. The lowest BCUT2D eigenvalue weighted by Gasteiger charge is -2.29. The lowest BCUT2D eigenvalue weighted by atomic mass is 9.97. The van der Waals surface area contributed by atoms with Crippen molar-refractivity contribution >= 4 is 5.91 Å². The van der Waals surface area contributed by atoms with Crippen LogP contribution in [0.3, 0.4) is 0 Å². The maximum Gasteiger partial charge on any atom is 0.265 e. The summed E-state index contributed by atoms with van der Waals surface area (Å²) in [5.41, 5.74) is 2.46. The minimum atomic E-state index is -0.673. The number of carbonyl (C=O) groups is 1. The third kappa shape index (κ3) is 2.96. The van der Waals surface area contributed by atoms with Gasteiger partial charge in [-0.15, -0.1) is 0 Å². The van der Waals surface area contributed by atoms with Gasteiger partial charge in [-0.1, -0.05) is 25.1 Å². The van der Waals surface area contributed by atoms with Crippen LogP contribution < -0.4 is 10.1 Å². The second kappa shape index (κ2) is 5.45. The highest BCUT2D eigenvalue weighted by Gasteiger charge is 2.31. The molecule has 1 amide bonds. The number of aliphatic hydroxyl groups is 1. The number of fused-ring (bicyclic) bond motifs is 1. The van der Waals surface area contributed by atoms with Gasteiger partial charge in [0.05, 0.1) is 6.10 Å². The second-order valence-electron chi connectivity index (χ2n) is 4.85. The van der Waals surface area contributed by atoms with E-state index in [9.17, 15) is 9.90 Å². The molecule has 0 saturated carbocycles. The Morgan fingerprint density at radius 3 is 3.00 bits per heavy atom. The molecule has 102 valence electrons. The fraction of sp³-hybridized carbons (Fsp3) is 0.400. The number of nitrogens with one attached hydrogen (secondary N) is 1. The summed E-state index contributed by atoms with van der Waals surface area (Å²) in [6.45, 7) is 7.60. The number of rotatable bonds is 3. The number of aliphatic hydroxyl groups excluding tert-OH is 1. The second-order valence-corrected chi connectivity index (χ2v) is 4.85. The Morgan fingerprint density at radius 1 is 1.58 bits per heavy atom. The SMILES string of the molecule is C=C(CC)NC(=O)C1CC(O)c2cc(C)ccc2O1. The van der Waals surface area contributed by atoms with Crippen LogP contribution in [-0.2, 0) is 4.79 Å². The first-order valence-electron chi connectivity index (χ1n) is 6.45. The van der Waals surface area contributed by atoms with Crippen molar-refractivity contribution in [3.63, 3.8) is 0 Å². The predicted octanol–water partition coefficient (Wildman–Crippen LogP) is 2.22. The summed E-state index contributed by atoms with van der Waals surface area (Å²) < 4.78 is 5.65. The zero-order valence-electron chi connectivity index (χ0n) is 11.3. The topological polar surface area (TPSA) is 58.6 Å². The summed E-state index contributed by atoms with van der Waals surface area (Å²) in [6, 6.07) is 5.58.